The quantitative estimate of drug-likeness (QED) is 0.471. The average molecular weight is 412 g/mol. The van der Waals surface area contributed by atoms with Crippen LogP contribution in [-0.2, 0) is 38.6 Å². The van der Waals surface area contributed by atoms with Crippen molar-refractivity contribution in [2.45, 2.75) is 37.4 Å². The Kier molecular flexibility index (Phi) is 5.39. The second-order valence-electron chi connectivity index (χ2n) is 7.16. The number of imide groups is 2. The van der Waals surface area contributed by atoms with Crippen LogP contribution >= 0.6 is 0 Å². The second-order valence-corrected chi connectivity index (χ2v) is 9.11. The summed E-state index contributed by atoms with van der Waals surface area (Å²) in [4.78, 5) is 65.5. The van der Waals surface area contributed by atoms with E-state index in [1.54, 1.807) is 0 Å². The van der Waals surface area contributed by atoms with Gasteiger partial charge in [0.2, 0.25) is 0 Å². The zero-order valence-electron chi connectivity index (χ0n) is 14.9. The zero-order valence-corrected chi connectivity index (χ0v) is 15.8. The first-order valence-electron chi connectivity index (χ1n) is 8.78. The van der Waals surface area contributed by atoms with Crippen molar-refractivity contribution in [2.24, 2.45) is 11.8 Å². The second kappa shape index (κ2) is 7.47. The maximum Gasteiger partial charge on any atom is 0.336 e. The summed E-state index contributed by atoms with van der Waals surface area (Å²) in [7, 11) is -3.77. The van der Waals surface area contributed by atoms with E-state index < -0.39 is 45.2 Å². The molecule has 1 saturated heterocycles. The number of rotatable bonds is 5. The number of hydrogen-bond acceptors (Lipinski definition) is 7. The van der Waals surface area contributed by atoms with E-state index in [2.05, 4.69) is 5.87 Å². The molecule has 0 aromatic heterocycles. The molecule has 4 amide bonds. The smallest absolute Gasteiger partial charge is 0.330 e. The van der Waals surface area contributed by atoms with Crippen LogP contribution in [-0.4, -0.2) is 66.0 Å². The summed E-state index contributed by atoms with van der Waals surface area (Å²) in [6, 6.07) is 0. The van der Waals surface area contributed by atoms with Gasteiger partial charge in [0, 0.05) is 18.7 Å². The van der Waals surface area contributed by atoms with Crippen LogP contribution in [0.1, 0.15) is 32.1 Å². The molecule has 2 heterocycles. The van der Waals surface area contributed by atoms with Crippen molar-refractivity contribution in [3.05, 3.63) is 12.2 Å². The minimum atomic E-state index is -3.77. The number of amides is 4. The third-order valence-corrected chi connectivity index (χ3v) is 6.47. The molecule has 2 fully saturated rings. The molecule has 2 atom stereocenters. The Hall–Kier alpha value is -2.53. The van der Waals surface area contributed by atoms with Crippen LogP contribution in [0.25, 0.3) is 0 Å². The minimum absolute atomic E-state index is 0.0570. The topological polar surface area (TPSA) is 138 Å². The van der Waals surface area contributed by atoms with E-state index in [0.29, 0.717) is 25.7 Å². The van der Waals surface area contributed by atoms with Crippen molar-refractivity contribution in [3.8, 4) is 0 Å². The van der Waals surface area contributed by atoms with Gasteiger partial charge in [0.05, 0.1) is 22.1 Å². The lowest BCUT2D eigenvalue weighted by atomic mass is 9.82. The van der Waals surface area contributed by atoms with Crippen LogP contribution in [0.5, 0.6) is 0 Å². The zero-order chi connectivity index (χ0) is 20.6. The average Bonchev–Trinajstić information content (AvgIpc) is 3.09. The van der Waals surface area contributed by atoms with Gasteiger partial charge < -0.3 is 9.39 Å². The fraction of sp³-hybridized carbons (Fsp3) is 0.529. The Balaban J connectivity index is 1.52. The predicted molar refractivity (Wildman–Crippen MR) is 95.6 cm³/mol. The van der Waals surface area contributed by atoms with Crippen LogP contribution in [0.4, 0.5) is 0 Å². The van der Waals surface area contributed by atoms with Crippen molar-refractivity contribution in [2.75, 3.05) is 6.54 Å². The molecule has 2 unspecified atom stereocenters. The number of hydrogen-bond donors (Lipinski definition) is 1. The van der Waals surface area contributed by atoms with Crippen molar-refractivity contribution in [1.29, 1.82) is 0 Å². The Morgan fingerprint density at radius 3 is 2.21 bits per heavy atom. The SMILES string of the molecule is C=S(=O)(O)C1CC(=O)N(OC(=O)C2CCC(CN3C(=O)C=CC3=O)CC2)C1=O. The lowest BCUT2D eigenvalue weighted by Gasteiger charge is -2.29. The first-order chi connectivity index (χ1) is 13.1. The predicted octanol–water partition coefficient (Wildman–Crippen LogP) is -0.507. The molecule has 1 N–H and O–H groups in total. The normalized spacial score (nSPS) is 30.1. The van der Waals surface area contributed by atoms with E-state index in [-0.39, 0.29) is 29.3 Å². The van der Waals surface area contributed by atoms with Gasteiger partial charge in [0.15, 0.2) is 0 Å². The van der Waals surface area contributed by atoms with E-state index in [1.165, 1.54) is 12.2 Å². The highest BCUT2D eigenvalue weighted by Gasteiger charge is 2.46. The largest absolute Gasteiger partial charge is 0.336 e. The Morgan fingerprint density at radius 1 is 1.14 bits per heavy atom. The van der Waals surface area contributed by atoms with Gasteiger partial charge in [-0.15, -0.1) is 5.06 Å². The summed E-state index contributed by atoms with van der Waals surface area (Å²) in [5, 5.41) is -1.26. The lowest BCUT2D eigenvalue weighted by Crippen LogP contribution is -2.40. The van der Waals surface area contributed by atoms with Crippen LogP contribution < -0.4 is 0 Å². The van der Waals surface area contributed by atoms with Crippen LogP contribution in [0.3, 0.4) is 0 Å². The first kappa shape index (κ1) is 20.2. The number of nitrogens with zero attached hydrogens (tertiary/aromatic N) is 2. The van der Waals surface area contributed by atoms with Gasteiger partial charge in [-0.2, -0.15) is 0 Å². The molecule has 1 saturated carbocycles. The summed E-state index contributed by atoms with van der Waals surface area (Å²) in [5.41, 5.74) is 0. The molecule has 28 heavy (non-hydrogen) atoms. The molecule has 0 aromatic carbocycles. The third kappa shape index (κ3) is 3.99. The molecular weight excluding hydrogens is 392 g/mol. The highest BCUT2D eigenvalue weighted by Crippen LogP contribution is 2.31. The number of carbonyl (C=O) groups excluding carboxylic acids is 5. The summed E-state index contributed by atoms with van der Waals surface area (Å²) in [5.74, 6) is -0.865. The van der Waals surface area contributed by atoms with E-state index in [0.717, 1.165) is 4.90 Å². The van der Waals surface area contributed by atoms with Crippen molar-refractivity contribution < 1.29 is 37.6 Å². The van der Waals surface area contributed by atoms with Gasteiger partial charge in [-0.3, -0.25) is 24.1 Å². The summed E-state index contributed by atoms with van der Waals surface area (Å²) in [6.45, 7) is 0.283. The van der Waals surface area contributed by atoms with Crippen LogP contribution in [0, 0.1) is 11.8 Å². The first-order valence-corrected chi connectivity index (χ1v) is 10.5. The molecule has 0 bridgehead atoms. The van der Waals surface area contributed by atoms with Crippen LogP contribution in [0.15, 0.2) is 12.2 Å². The molecular formula is C17H20N2O8S. The molecule has 152 valence electrons. The van der Waals surface area contributed by atoms with E-state index >= 15 is 0 Å². The van der Waals surface area contributed by atoms with Crippen molar-refractivity contribution >= 4 is 45.3 Å². The maximum atomic E-state index is 12.3. The minimum Gasteiger partial charge on any atom is -0.330 e. The summed E-state index contributed by atoms with van der Waals surface area (Å²) < 4.78 is 21.0. The van der Waals surface area contributed by atoms with Gasteiger partial charge in [-0.25, -0.2) is 9.00 Å². The summed E-state index contributed by atoms with van der Waals surface area (Å²) >= 11 is 0. The molecule has 11 heteroatoms. The maximum absolute atomic E-state index is 12.3. The molecule has 3 rings (SSSR count). The van der Waals surface area contributed by atoms with Crippen molar-refractivity contribution in [1.82, 2.24) is 9.96 Å². The molecule has 10 nitrogen and oxygen atoms in total. The van der Waals surface area contributed by atoms with Gasteiger partial charge in [-0.05, 0) is 37.5 Å². The van der Waals surface area contributed by atoms with Crippen LogP contribution in [0.2, 0.25) is 0 Å². The highest BCUT2D eigenvalue weighted by atomic mass is 32.2. The fourth-order valence-corrected chi connectivity index (χ4v) is 4.39. The monoisotopic (exact) mass is 412 g/mol. The van der Waals surface area contributed by atoms with Gasteiger partial charge in [0.25, 0.3) is 23.6 Å². The molecule has 1 aliphatic carbocycles. The number of carbonyl (C=O) groups is 5. The Bertz CT molecular complexity index is 852. The Labute approximate surface area is 161 Å². The molecule has 0 spiro atoms. The van der Waals surface area contributed by atoms with Gasteiger partial charge >= 0.3 is 5.97 Å². The summed E-state index contributed by atoms with van der Waals surface area (Å²) in [6.07, 6.45) is 3.88. The van der Waals surface area contributed by atoms with Gasteiger partial charge in [-0.1, -0.05) is 0 Å². The number of hydroxylamine groups is 2. The Morgan fingerprint density at radius 2 is 1.71 bits per heavy atom. The molecule has 0 aromatic rings. The van der Waals surface area contributed by atoms with Crippen molar-refractivity contribution in [3.63, 3.8) is 0 Å². The fourth-order valence-electron chi connectivity index (χ4n) is 3.58. The standard InChI is InChI=1S/C17H20N2O8S/c1-28(25,26)12-8-15(22)19(16(12)23)27-17(24)11-4-2-10(3-5-11)9-18-13(20)6-7-14(18)21/h6-7,10-12H,1-5,8-9H2,(H,25,26). The molecule has 0 radical (unpaired) electrons. The molecule has 3 aliphatic rings. The molecule has 2 aliphatic heterocycles. The third-order valence-electron chi connectivity index (χ3n) is 5.21. The van der Waals surface area contributed by atoms with E-state index in [4.69, 9.17) is 4.84 Å². The van der Waals surface area contributed by atoms with E-state index in [1.807, 2.05) is 0 Å². The highest BCUT2D eigenvalue weighted by molar-refractivity contribution is 7.96. The van der Waals surface area contributed by atoms with E-state index in [9.17, 15) is 32.7 Å². The van der Waals surface area contributed by atoms with Gasteiger partial charge in [0.1, 0.15) is 5.25 Å². The lowest BCUT2D eigenvalue weighted by molar-refractivity contribution is -0.201.